The third-order valence-electron chi connectivity index (χ3n) is 1.82. The van der Waals surface area contributed by atoms with Gasteiger partial charge in [-0.1, -0.05) is 31.8 Å². The van der Waals surface area contributed by atoms with E-state index in [0.717, 1.165) is 5.75 Å². The van der Waals surface area contributed by atoms with Crippen LogP contribution in [0.25, 0.3) is 0 Å². The molecule has 0 heterocycles. The van der Waals surface area contributed by atoms with Crippen molar-refractivity contribution < 1.29 is 0 Å². The molecule has 0 atom stereocenters. The summed E-state index contributed by atoms with van der Waals surface area (Å²) >= 11 is 4.17. The van der Waals surface area contributed by atoms with Crippen LogP contribution in [0, 0.1) is 0 Å². The minimum Gasteiger partial charge on any atom is -0.179 e. The molecule has 0 aliphatic heterocycles. The quantitative estimate of drug-likeness (QED) is 0.321. The van der Waals surface area contributed by atoms with Gasteiger partial charge in [0.2, 0.25) is 0 Å². The van der Waals surface area contributed by atoms with Crippen molar-refractivity contribution in [1.82, 2.24) is 0 Å². The summed E-state index contributed by atoms with van der Waals surface area (Å²) in [5, 5.41) is 0. The standard InChI is InChI=1S/C10H20S/c1-2-3-4-5-6-7-8-9-10-11/h2,11H,1,3-10H2. The van der Waals surface area contributed by atoms with E-state index < -0.39 is 0 Å². The van der Waals surface area contributed by atoms with Crippen LogP contribution in [0.2, 0.25) is 0 Å². The number of thiol groups is 1. The van der Waals surface area contributed by atoms with Gasteiger partial charge in [-0.25, -0.2) is 0 Å². The Kier molecular flexibility index (Phi) is 10.2. The Bertz CT molecular complexity index is 78.9. The minimum atomic E-state index is 1.05. The molecule has 0 bridgehead atoms. The molecule has 0 amide bonds. The Morgan fingerprint density at radius 2 is 1.45 bits per heavy atom. The molecule has 0 radical (unpaired) electrons. The molecule has 0 aliphatic carbocycles. The molecule has 11 heavy (non-hydrogen) atoms. The van der Waals surface area contributed by atoms with Crippen LogP contribution in [0.4, 0.5) is 0 Å². The summed E-state index contributed by atoms with van der Waals surface area (Å²) in [7, 11) is 0. The van der Waals surface area contributed by atoms with Gasteiger partial charge in [0.15, 0.2) is 0 Å². The average Bonchev–Trinajstić information content (AvgIpc) is 2.03. The summed E-state index contributed by atoms with van der Waals surface area (Å²) in [6.07, 6.45) is 11.3. The molecule has 0 N–H and O–H groups in total. The van der Waals surface area contributed by atoms with Gasteiger partial charge in [0.05, 0.1) is 0 Å². The third-order valence-corrected chi connectivity index (χ3v) is 2.13. The first-order chi connectivity index (χ1) is 5.41. The van der Waals surface area contributed by atoms with E-state index in [9.17, 15) is 0 Å². The van der Waals surface area contributed by atoms with E-state index in [1.165, 1.54) is 44.9 Å². The summed E-state index contributed by atoms with van der Waals surface area (Å²) in [5.41, 5.74) is 0. The van der Waals surface area contributed by atoms with E-state index in [1.54, 1.807) is 0 Å². The predicted octanol–water partition coefficient (Wildman–Crippen LogP) is 3.83. The maximum absolute atomic E-state index is 4.17. The van der Waals surface area contributed by atoms with E-state index in [2.05, 4.69) is 19.2 Å². The molecule has 0 unspecified atom stereocenters. The molecule has 0 aromatic rings. The van der Waals surface area contributed by atoms with Crippen molar-refractivity contribution in [3.05, 3.63) is 12.7 Å². The average molecular weight is 172 g/mol. The lowest BCUT2D eigenvalue weighted by atomic mass is 10.1. The molecule has 0 saturated heterocycles. The maximum atomic E-state index is 4.17. The lowest BCUT2D eigenvalue weighted by Crippen LogP contribution is -1.79. The second-order valence-electron chi connectivity index (χ2n) is 2.92. The molecule has 0 aliphatic rings. The molecular formula is C10H20S. The minimum absolute atomic E-state index is 1.05. The van der Waals surface area contributed by atoms with Crippen molar-refractivity contribution in [3.8, 4) is 0 Å². The van der Waals surface area contributed by atoms with E-state index in [4.69, 9.17) is 0 Å². The first kappa shape index (κ1) is 11.1. The van der Waals surface area contributed by atoms with Crippen molar-refractivity contribution in [1.29, 1.82) is 0 Å². The van der Waals surface area contributed by atoms with Gasteiger partial charge >= 0.3 is 0 Å². The maximum Gasteiger partial charge on any atom is -0.00979 e. The van der Waals surface area contributed by atoms with Crippen LogP contribution in [0.1, 0.15) is 44.9 Å². The Labute approximate surface area is 76.5 Å². The molecule has 0 aromatic heterocycles. The van der Waals surface area contributed by atoms with Gasteiger partial charge in [-0.15, -0.1) is 6.58 Å². The fourth-order valence-electron chi connectivity index (χ4n) is 1.11. The summed E-state index contributed by atoms with van der Waals surface area (Å²) in [4.78, 5) is 0. The molecule has 0 fully saturated rings. The zero-order valence-electron chi connectivity index (χ0n) is 7.39. The van der Waals surface area contributed by atoms with Crippen LogP contribution in [-0.4, -0.2) is 5.75 Å². The summed E-state index contributed by atoms with van der Waals surface area (Å²) in [6, 6.07) is 0. The largest absolute Gasteiger partial charge is 0.179 e. The Hall–Kier alpha value is 0.0900. The summed E-state index contributed by atoms with van der Waals surface area (Å²) in [5.74, 6) is 1.05. The van der Waals surface area contributed by atoms with Crippen LogP contribution >= 0.6 is 12.6 Å². The second-order valence-corrected chi connectivity index (χ2v) is 3.37. The van der Waals surface area contributed by atoms with Crippen LogP contribution in [0.15, 0.2) is 12.7 Å². The van der Waals surface area contributed by atoms with E-state index >= 15 is 0 Å². The second kappa shape index (κ2) is 10.1. The van der Waals surface area contributed by atoms with Crippen molar-refractivity contribution >= 4 is 12.6 Å². The lowest BCUT2D eigenvalue weighted by molar-refractivity contribution is 0.613. The fraction of sp³-hybridized carbons (Fsp3) is 0.800. The Morgan fingerprint density at radius 1 is 0.909 bits per heavy atom. The Morgan fingerprint density at radius 3 is 2.00 bits per heavy atom. The summed E-state index contributed by atoms with van der Waals surface area (Å²) < 4.78 is 0. The fourth-order valence-corrected chi connectivity index (χ4v) is 1.33. The van der Waals surface area contributed by atoms with Gasteiger partial charge in [0, 0.05) is 0 Å². The van der Waals surface area contributed by atoms with Gasteiger partial charge in [-0.2, -0.15) is 12.6 Å². The number of unbranched alkanes of at least 4 members (excludes halogenated alkanes) is 6. The Balaban J connectivity index is 2.74. The highest BCUT2D eigenvalue weighted by atomic mass is 32.1. The zero-order valence-corrected chi connectivity index (χ0v) is 8.28. The predicted molar refractivity (Wildman–Crippen MR) is 56.4 cm³/mol. The van der Waals surface area contributed by atoms with Crippen molar-refractivity contribution in [2.24, 2.45) is 0 Å². The lowest BCUT2D eigenvalue weighted by Gasteiger charge is -1.97. The molecule has 0 saturated carbocycles. The van der Waals surface area contributed by atoms with E-state index in [1.807, 2.05) is 6.08 Å². The smallest absolute Gasteiger partial charge is 0.00979 e. The normalized spacial score (nSPS) is 9.91. The van der Waals surface area contributed by atoms with Crippen molar-refractivity contribution in [2.75, 3.05) is 5.75 Å². The van der Waals surface area contributed by atoms with Crippen LogP contribution < -0.4 is 0 Å². The van der Waals surface area contributed by atoms with Crippen molar-refractivity contribution in [2.45, 2.75) is 44.9 Å². The molecule has 1 heteroatoms. The number of allylic oxidation sites excluding steroid dienone is 1. The first-order valence-electron chi connectivity index (χ1n) is 4.63. The van der Waals surface area contributed by atoms with Crippen LogP contribution in [0.3, 0.4) is 0 Å². The van der Waals surface area contributed by atoms with Gasteiger partial charge in [-0.3, -0.25) is 0 Å². The zero-order chi connectivity index (χ0) is 8.36. The van der Waals surface area contributed by atoms with E-state index in [0.29, 0.717) is 0 Å². The number of hydrogen-bond donors (Lipinski definition) is 1. The van der Waals surface area contributed by atoms with Gasteiger partial charge in [0.25, 0.3) is 0 Å². The van der Waals surface area contributed by atoms with Crippen LogP contribution in [0.5, 0.6) is 0 Å². The van der Waals surface area contributed by atoms with Crippen molar-refractivity contribution in [3.63, 3.8) is 0 Å². The number of hydrogen-bond acceptors (Lipinski definition) is 1. The monoisotopic (exact) mass is 172 g/mol. The summed E-state index contributed by atoms with van der Waals surface area (Å²) in [6.45, 7) is 3.70. The SMILES string of the molecule is C=CCCCCCCCCS. The third kappa shape index (κ3) is 10.1. The first-order valence-corrected chi connectivity index (χ1v) is 5.27. The van der Waals surface area contributed by atoms with Gasteiger partial charge < -0.3 is 0 Å². The molecule has 0 spiro atoms. The molecule has 0 aromatic carbocycles. The van der Waals surface area contributed by atoms with E-state index in [-0.39, 0.29) is 0 Å². The topological polar surface area (TPSA) is 0 Å². The number of rotatable bonds is 8. The highest BCUT2D eigenvalue weighted by Crippen LogP contribution is 2.07. The van der Waals surface area contributed by atoms with Gasteiger partial charge in [-0.05, 0) is 25.0 Å². The highest BCUT2D eigenvalue weighted by molar-refractivity contribution is 7.80. The molecule has 66 valence electrons. The molecule has 0 rings (SSSR count). The highest BCUT2D eigenvalue weighted by Gasteiger charge is 1.88. The molecule has 0 nitrogen and oxygen atoms in total. The van der Waals surface area contributed by atoms with Gasteiger partial charge in [0.1, 0.15) is 0 Å². The van der Waals surface area contributed by atoms with Crippen LogP contribution in [-0.2, 0) is 0 Å². The molecular weight excluding hydrogens is 152 g/mol.